The first-order valence-corrected chi connectivity index (χ1v) is 7.46. The molecular weight excluding hydrogens is 234 g/mol. The van der Waals surface area contributed by atoms with Crippen LogP contribution in [0, 0.1) is 5.92 Å². The summed E-state index contributed by atoms with van der Waals surface area (Å²) in [5.41, 5.74) is 7.62. The van der Waals surface area contributed by atoms with Crippen molar-refractivity contribution in [2.24, 2.45) is 11.7 Å². The van der Waals surface area contributed by atoms with Crippen molar-refractivity contribution in [1.82, 2.24) is 9.80 Å². The molecule has 1 fully saturated rings. The van der Waals surface area contributed by atoms with E-state index in [1.165, 1.54) is 38.3 Å². The van der Waals surface area contributed by atoms with E-state index in [4.69, 9.17) is 5.73 Å². The van der Waals surface area contributed by atoms with Crippen LogP contribution in [0.25, 0.3) is 0 Å². The van der Waals surface area contributed by atoms with Gasteiger partial charge in [0.1, 0.15) is 0 Å². The van der Waals surface area contributed by atoms with Crippen LogP contribution < -0.4 is 5.73 Å². The largest absolute Gasteiger partial charge is 0.324 e. The summed E-state index contributed by atoms with van der Waals surface area (Å²) in [6.45, 7) is 11.5. The second-order valence-corrected chi connectivity index (χ2v) is 5.65. The molecule has 1 aromatic carbocycles. The quantitative estimate of drug-likeness (QED) is 0.879. The monoisotopic (exact) mass is 261 g/mol. The van der Waals surface area contributed by atoms with Gasteiger partial charge in [-0.3, -0.25) is 0 Å². The Morgan fingerprint density at radius 3 is 2.21 bits per heavy atom. The number of piperazine rings is 1. The minimum Gasteiger partial charge on any atom is -0.324 e. The lowest BCUT2D eigenvalue weighted by Gasteiger charge is -2.36. The molecule has 2 rings (SSSR count). The van der Waals surface area contributed by atoms with E-state index in [9.17, 15) is 0 Å². The second kappa shape index (κ2) is 7.04. The summed E-state index contributed by atoms with van der Waals surface area (Å²) in [5, 5.41) is 0. The van der Waals surface area contributed by atoms with E-state index < -0.39 is 0 Å². The van der Waals surface area contributed by atoms with Crippen LogP contribution in [0.2, 0.25) is 0 Å². The second-order valence-electron chi connectivity index (χ2n) is 5.65. The Bertz CT molecular complexity index is 358. The Kier molecular flexibility index (Phi) is 5.37. The average molecular weight is 261 g/mol. The number of hydrogen-bond donors (Lipinski definition) is 1. The molecule has 0 amide bonds. The Morgan fingerprint density at radius 2 is 1.63 bits per heavy atom. The van der Waals surface area contributed by atoms with Gasteiger partial charge in [0.25, 0.3) is 0 Å². The van der Waals surface area contributed by atoms with Gasteiger partial charge in [-0.15, -0.1) is 0 Å². The fourth-order valence-electron chi connectivity index (χ4n) is 2.81. The predicted molar refractivity (Wildman–Crippen MR) is 81.1 cm³/mol. The molecule has 1 saturated heterocycles. The van der Waals surface area contributed by atoms with Crippen molar-refractivity contribution < 1.29 is 0 Å². The molecule has 2 unspecified atom stereocenters. The highest BCUT2D eigenvalue weighted by Crippen LogP contribution is 2.20. The molecule has 19 heavy (non-hydrogen) atoms. The highest BCUT2D eigenvalue weighted by atomic mass is 15.3. The molecule has 1 aliphatic heterocycles. The van der Waals surface area contributed by atoms with Gasteiger partial charge in [0.05, 0.1) is 0 Å². The standard InChI is InChI=1S/C16H27N3/c1-3-18-9-11-19(12-10-18)13-14(2)16(17)15-7-5-4-6-8-15/h4-8,14,16H,3,9-13,17H2,1-2H3. The van der Waals surface area contributed by atoms with Gasteiger partial charge in [-0.25, -0.2) is 0 Å². The van der Waals surface area contributed by atoms with Gasteiger partial charge >= 0.3 is 0 Å². The third-order valence-corrected chi connectivity index (χ3v) is 4.26. The van der Waals surface area contributed by atoms with Crippen molar-refractivity contribution in [2.45, 2.75) is 19.9 Å². The highest BCUT2D eigenvalue weighted by molar-refractivity contribution is 5.19. The third kappa shape index (κ3) is 4.03. The van der Waals surface area contributed by atoms with Crippen molar-refractivity contribution >= 4 is 0 Å². The molecule has 0 saturated carbocycles. The normalized spacial score (nSPS) is 21.2. The number of hydrogen-bond acceptors (Lipinski definition) is 3. The molecule has 0 bridgehead atoms. The lowest BCUT2D eigenvalue weighted by atomic mass is 9.95. The lowest BCUT2D eigenvalue weighted by molar-refractivity contribution is 0.120. The smallest absolute Gasteiger partial charge is 0.0333 e. The summed E-state index contributed by atoms with van der Waals surface area (Å²) < 4.78 is 0. The third-order valence-electron chi connectivity index (χ3n) is 4.26. The maximum Gasteiger partial charge on any atom is 0.0333 e. The van der Waals surface area contributed by atoms with Gasteiger partial charge in [-0.05, 0) is 18.0 Å². The van der Waals surface area contributed by atoms with Gasteiger partial charge in [-0.1, -0.05) is 44.2 Å². The van der Waals surface area contributed by atoms with E-state index in [2.05, 4.69) is 47.9 Å². The molecule has 106 valence electrons. The van der Waals surface area contributed by atoms with Gasteiger partial charge in [-0.2, -0.15) is 0 Å². The van der Waals surface area contributed by atoms with Crippen molar-refractivity contribution in [1.29, 1.82) is 0 Å². The van der Waals surface area contributed by atoms with Crippen LogP contribution in [0.3, 0.4) is 0 Å². The molecule has 0 spiro atoms. The summed E-state index contributed by atoms with van der Waals surface area (Å²) in [5.74, 6) is 0.496. The van der Waals surface area contributed by atoms with Gasteiger partial charge in [0, 0.05) is 38.8 Å². The molecule has 3 nitrogen and oxygen atoms in total. The molecule has 2 N–H and O–H groups in total. The zero-order valence-corrected chi connectivity index (χ0v) is 12.3. The van der Waals surface area contributed by atoms with Crippen molar-refractivity contribution in [3.63, 3.8) is 0 Å². The highest BCUT2D eigenvalue weighted by Gasteiger charge is 2.21. The van der Waals surface area contributed by atoms with E-state index >= 15 is 0 Å². The molecule has 3 heteroatoms. The summed E-state index contributed by atoms with van der Waals surface area (Å²) in [7, 11) is 0. The molecule has 1 heterocycles. The first kappa shape index (κ1) is 14.5. The number of rotatable bonds is 5. The maximum atomic E-state index is 6.37. The van der Waals surface area contributed by atoms with Crippen LogP contribution in [0.1, 0.15) is 25.5 Å². The maximum absolute atomic E-state index is 6.37. The lowest BCUT2D eigenvalue weighted by Crippen LogP contribution is -2.48. The summed E-state index contributed by atoms with van der Waals surface area (Å²) in [6.07, 6.45) is 0. The topological polar surface area (TPSA) is 32.5 Å². The van der Waals surface area contributed by atoms with E-state index in [0.29, 0.717) is 5.92 Å². The fraction of sp³-hybridized carbons (Fsp3) is 0.625. The van der Waals surface area contributed by atoms with Gasteiger partial charge < -0.3 is 15.5 Å². The number of nitrogens with zero attached hydrogens (tertiary/aromatic N) is 2. The van der Waals surface area contributed by atoms with Crippen LogP contribution in [0.4, 0.5) is 0 Å². The SMILES string of the molecule is CCN1CCN(CC(C)C(N)c2ccccc2)CC1. The summed E-state index contributed by atoms with van der Waals surface area (Å²) >= 11 is 0. The number of nitrogens with two attached hydrogens (primary N) is 1. The van der Waals surface area contributed by atoms with Crippen LogP contribution in [-0.4, -0.2) is 49.1 Å². The van der Waals surface area contributed by atoms with E-state index in [0.717, 1.165) is 6.54 Å². The zero-order chi connectivity index (χ0) is 13.7. The van der Waals surface area contributed by atoms with Crippen molar-refractivity contribution in [3.8, 4) is 0 Å². The van der Waals surface area contributed by atoms with Gasteiger partial charge in [0.15, 0.2) is 0 Å². The first-order valence-electron chi connectivity index (χ1n) is 7.46. The van der Waals surface area contributed by atoms with Crippen LogP contribution in [0.15, 0.2) is 30.3 Å². The van der Waals surface area contributed by atoms with E-state index in [-0.39, 0.29) is 6.04 Å². The molecule has 2 atom stereocenters. The van der Waals surface area contributed by atoms with Crippen molar-refractivity contribution in [3.05, 3.63) is 35.9 Å². The zero-order valence-electron chi connectivity index (χ0n) is 12.3. The van der Waals surface area contributed by atoms with Crippen LogP contribution in [0.5, 0.6) is 0 Å². The molecule has 0 aliphatic carbocycles. The first-order chi connectivity index (χ1) is 9.20. The van der Waals surface area contributed by atoms with Gasteiger partial charge in [0.2, 0.25) is 0 Å². The minimum atomic E-state index is 0.144. The molecule has 0 aromatic heterocycles. The number of benzene rings is 1. The van der Waals surface area contributed by atoms with Crippen LogP contribution in [-0.2, 0) is 0 Å². The van der Waals surface area contributed by atoms with Crippen molar-refractivity contribution in [2.75, 3.05) is 39.3 Å². The Labute approximate surface area is 117 Å². The van der Waals surface area contributed by atoms with E-state index in [1.54, 1.807) is 0 Å². The molecule has 0 radical (unpaired) electrons. The Balaban J connectivity index is 1.83. The minimum absolute atomic E-state index is 0.144. The molecule has 1 aromatic rings. The van der Waals surface area contributed by atoms with E-state index in [1.807, 2.05) is 6.07 Å². The fourth-order valence-corrected chi connectivity index (χ4v) is 2.81. The predicted octanol–water partition coefficient (Wildman–Crippen LogP) is 1.96. The Hall–Kier alpha value is -0.900. The number of likely N-dealkylation sites (N-methyl/N-ethyl adjacent to an activating group) is 1. The summed E-state index contributed by atoms with van der Waals surface area (Å²) in [4.78, 5) is 5.07. The molecule has 1 aliphatic rings. The molecular formula is C16H27N3. The average Bonchev–Trinajstić information content (AvgIpc) is 2.48. The summed E-state index contributed by atoms with van der Waals surface area (Å²) in [6, 6.07) is 10.6. The van der Waals surface area contributed by atoms with Crippen LogP contribution >= 0.6 is 0 Å². The Morgan fingerprint density at radius 1 is 1.05 bits per heavy atom.